The zero-order valence-electron chi connectivity index (χ0n) is 12.1. The average Bonchev–Trinajstić information content (AvgIpc) is 2.89. The summed E-state index contributed by atoms with van der Waals surface area (Å²) in [7, 11) is 1.71. The van der Waals surface area contributed by atoms with E-state index in [9.17, 15) is 4.79 Å². The zero-order chi connectivity index (χ0) is 15.4. The Morgan fingerprint density at radius 1 is 1.24 bits per heavy atom. The second kappa shape index (κ2) is 6.75. The predicted octanol–water partition coefficient (Wildman–Crippen LogP) is 3.68. The summed E-state index contributed by atoms with van der Waals surface area (Å²) in [6.45, 7) is 4.00. The van der Waals surface area contributed by atoms with Crippen molar-refractivity contribution >= 4 is 33.6 Å². The average molecular weight is 397 g/mol. The molecule has 1 aromatic carbocycles. The van der Waals surface area contributed by atoms with Crippen LogP contribution in [-0.2, 0) is 7.05 Å². The number of nitrogens with zero attached hydrogens (tertiary/aromatic N) is 2. The number of ether oxygens (including phenoxy) is 1. The van der Waals surface area contributed by atoms with Gasteiger partial charge in [-0.15, -0.1) is 0 Å². The van der Waals surface area contributed by atoms with Crippen LogP contribution in [0, 0.1) is 3.70 Å². The molecular weight excluding hydrogens is 381 g/mol. The number of aryl methyl sites for hydroxylation is 1. The second-order valence-electron chi connectivity index (χ2n) is 4.06. The van der Waals surface area contributed by atoms with Gasteiger partial charge < -0.3 is 9.30 Å². The number of aromatic amines is 1. The third-order valence-electron chi connectivity index (χ3n) is 2.81. The number of halogens is 1. The first-order chi connectivity index (χ1) is 10.2. The first kappa shape index (κ1) is 15.6. The summed E-state index contributed by atoms with van der Waals surface area (Å²) in [6, 6.07) is 10.9. The molecule has 0 unspecified atom stereocenters. The molecule has 3 aromatic rings. The van der Waals surface area contributed by atoms with E-state index in [4.69, 9.17) is 4.74 Å². The van der Waals surface area contributed by atoms with Gasteiger partial charge in [-0.2, -0.15) is 5.10 Å². The number of hydrogen-bond acceptors (Lipinski definition) is 3. The van der Waals surface area contributed by atoms with Gasteiger partial charge in [-0.3, -0.25) is 9.89 Å². The zero-order valence-corrected chi connectivity index (χ0v) is 14.2. The Hall–Kier alpha value is -1.83. The molecule has 3 rings (SSSR count). The number of nitrogens with one attached hydrogen (secondary N) is 1. The SMILES string of the molecule is CC.Cn1c(=O)c(Oc2ccccc2)cc2n[nH]c(I)c21. The summed E-state index contributed by atoms with van der Waals surface area (Å²) in [4.78, 5) is 12.2. The lowest BCUT2D eigenvalue weighted by atomic mass is 10.3. The molecule has 5 nitrogen and oxygen atoms in total. The molecule has 0 aliphatic heterocycles. The minimum absolute atomic E-state index is 0.185. The van der Waals surface area contributed by atoms with E-state index in [1.165, 1.54) is 0 Å². The van der Waals surface area contributed by atoms with Crippen molar-refractivity contribution in [3.63, 3.8) is 0 Å². The van der Waals surface area contributed by atoms with E-state index >= 15 is 0 Å². The van der Waals surface area contributed by atoms with Gasteiger partial charge in [0.2, 0.25) is 0 Å². The summed E-state index contributed by atoms with van der Waals surface area (Å²) >= 11 is 2.11. The fraction of sp³-hybridized carbons (Fsp3) is 0.200. The van der Waals surface area contributed by atoms with Crippen LogP contribution in [0.4, 0.5) is 0 Å². The third kappa shape index (κ3) is 3.10. The molecule has 6 heteroatoms. The Balaban J connectivity index is 0.000000774. The number of H-pyrrole nitrogens is 1. The van der Waals surface area contributed by atoms with Crippen molar-refractivity contribution in [2.24, 2.45) is 7.05 Å². The molecule has 0 aliphatic carbocycles. The monoisotopic (exact) mass is 397 g/mol. The Bertz CT molecular complexity index is 794. The summed E-state index contributed by atoms with van der Waals surface area (Å²) in [6.07, 6.45) is 0. The van der Waals surface area contributed by atoms with E-state index in [-0.39, 0.29) is 11.3 Å². The smallest absolute Gasteiger partial charge is 0.293 e. The summed E-state index contributed by atoms with van der Waals surface area (Å²) in [5.41, 5.74) is 1.30. The lowest BCUT2D eigenvalue weighted by Crippen LogP contribution is -2.18. The molecule has 0 spiro atoms. The molecule has 0 saturated heterocycles. The van der Waals surface area contributed by atoms with Gasteiger partial charge in [0.15, 0.2) is 5.75 Å². The second-order valence-corrected chi connectivity index (χ2v) is 5.14. The van der Waals surface area contributed by atoms with E-state index < -0.39 is 0 Å². The fourth-order valence-corrected chi connectivity index (χ4v) is 2.65. The van der Waals surface area contributed by atoms with Crippen molar-refractivity contribution in [2.75, 3.05) is 0 Å². The molecule has 2 heterocycles. The van der Waals surface area contributed by atoms with Gasteiger partial charge in [0, 0.05) is 13.1 Å². The minimum atomic E-state index is -0.185. The van der Waals surface area contributed by atoms with Crippen LogP contribution in [0.2, 0.25) is 0 Å². The fourth-order valence-electron chi connectivity index (χ4n) is 1.89. The topological polar surface area (TPSA) is 59.9 Å². The van der Waals surface area contributed by atoms with Crippen molar-refractivity contribution in [2.45, 2.75) is 13.8 Å². The van der Waals surface area contributed by atoms with Crippen LogP contribution in [0.5, 0.6) is 11.5 Å². The summed E-state index contributed by atoms with van der Waals surface area (Å²) in [5, 5.41) is 7.01. The van der Waals surface area contributed by atoms with Crippen LogP contribution >= 0.6 is 22.6 Å². The quantitative estimate of drug-likeness (QED) is 0.672. The molecule has 2 aromatic heterocycles. The third-order valence-corrected chi connectivity index (χ3v) is 3.57. The van der Waals surface area contributed by atoms with Crippen molar-refractivity contribution in [1.82, 2.24) is 14.8 Å². The van der Waals surface area contributed by atoms with Gasteiger partial charge in [-0.1, -0.05) is 32.0 Å². The van der Waals surface area contributed by atoms with Crippen molar-refractivity contribution in [3.05, 3.63) is 50.5 Å². The van der Waals surface area contributed by atoms with Crippen LogP contribution in [0.25, 0.3) is 11.0 Å². The predicted molar refractivity (Wildman–Crippen MR) is 91.9 cm³/mol. The van der Waals surface area contributed by atoms with Gasteiger partial charge in [0.05, 0.1) is 0 Å². The Labute approximate surface area is 136 Å². The van der Waals surface area contributed by atoms with Gasteiger partial charge in [-0.05, 0) is 34.7 Å². The molecular formula is C15H16IN3O2. The van der Waals surface area contributed by atoms with Gasteiger partial charge >= 0.3 is 0 Å². The number of benzene rings is 1. The van der Waals surface area contributed by atoms with Crippen LogP contribution in [-0.4, -0.2) is 14.8 Å². The van der Waals surface area contributed by atoms with Crippen molar-refractivity contribution in [1.29, 1.82) is 0 Å². The number of aromatic nitrogens is 3. The molecule has 0 atom stereocenters. The molecule has 0 aliphatic rings. The number of rotatable bonds is 2. The van der Waals surface area contributed by atoms with E-state index in [2.05, 4.69) is 32.8 Å². The lowest BCUT2D eigenvalue weighted by molar-refractivity contribution is 0.472. The van der Waals surface area contributed by atoms with E-state index in [1.54, 1.807) is 29.8 Å². The van der Waals surface area contributed by atoms with Gasteiger partial charge in [0.25, 0.3) is 5.56 Å². The summed E-state index contributed by atoms with van der Waals surface area (Å²) in [5.74, 6) is 0.897. The highest BCUT2D eigenvalue weighted by atomic mass is 127. The van der Waals surface area contributed by atoms with Gasteiger partial charge in [0.1, 0.15) is 20.5 Å². The highest BCUT2D eigenvalue weighted by molar-refractivity contribution is 14.1. The number of pyridine rings is 1. The first-order valence-electron chi connectivity index (χ1n) is 6.63. The largest absolute Gasteiger partial charge is 0.451 e. The van der Waals surface area contributed by atoms with E-state index in [0.717, 1.165) is 9.22 Å². The standard InChI is InChI=1S/C13H10IN3O2.C2H6/c1-17-11-9(15-16-12(11)14)7-10(13(17)18)19-8-5-3-2-4-6-8;1-2/h2-7H,1H3,(H,15,16);1-2H3. The molecule has 110 valence electrons. The minimum Gasteiger partial charge on any atom is -0.451 e. The molecule has 21 heavy (non-hydrogen) atoms. The van der Waals surface area contributed by atoms with Crippen LogP contribution < -0.4 is 10.3 Å². The van der Waals surface area contributed by atoms with E-state index in [1.807, 2.05) is 32.0 Å². The number of hydrogen-bond donors (Lipinski definition) is 1. The first-order valence-corrected chi connectivity index (χ1v) is 7.71. The normalized spacial score (nSPS) is 10.1. The Morgan fingerprint density at radius 3 is 2.57 bits per heavy atom. The molecule has 0 radical (unpaired) electrons. The highest BCUT2D eigenvalue weighted by Crippen LogP contribution is 2.22. The molecule has 0 amide bonds. The lowest BCUT2D eigenvalue weighted by Gasteiger charge is -2.07. The maximum absolute atomic E-state index is 12.2. The molecule has 0 fully saturated rings. The highest BCUT2D eigenvalue weighted by Gasteiger charge is 2.13. The summed E-state index contributed by atoms with van der Waals surface area (Å²) < 4.78 is 7.99. The Morgan fingerprint density at radius 2 is 1.90 bits per heavy atom. The number of fused-ring (bicyclic) bond motifs is 1. The number of para-hydroxylation sites is 1. The van der Waals surface area contributed by atoms with Crippen molar-refractivity contribution in [3.8, 4) is 11.5 Å². The van der Waals surface area contributed by atoms with Crippen LogP contribution in [0.3, 0.4) is 0 Å². The molecule has 0 saturated carbocycles. The van der Waals surface area contributed by atoms with Crippen molar-refractivity contribution < 1.29 is 4.74 Å². The molecule has 0 bridgehead atoms. The maximum Gasteiger partial charge on any atom is 0.293 e. The Kier molecular flexibility index (Phi) is 5.00. The van der Waals surface area contributed by atoms with Gasteiger partial charge in [-0.25, -0.2) is 0 Å². The molecule has 1 N–H and O–H groups in total. The maximum atomic E-state index is 12.2. The van der Waals surface area contributed by atoms with Crippen LogP contribution in [0.15, 0.2) is 41.2 Å². The van der Waals surface area contributed by atoms with Crippen LogP contribution in [0.1, 0.15) is 13.8 Å². The van der Waals surface area contributed by atoms with E-state index in [0.29, 0.717) is 11.3 Å².